The number of nitrogens with one attached hydrogen (secondary N) is 1. The van der Waals surface area contributed by atoms with Crippen LogP contribution in [-0.4, -0.2) is 29.3 Å². The number of carbonyl (C=O) groups excluding carboxylic acids is 1. The van der Waals surface area contributed by atoms with Gasteiger partial charge < -0.3 is 5.32 Å². The molecule has 0 aliphatic heterocycles. The molecule has 24 heavy (non-hydrogen) atoms. The van der Waals surface area contributed by atoms with Crippen molar-refractivity contribution in [1.29, 1.82) is 0 Å². The van der Waals surface area contributed by atoms with E-state index in [0.29, 0.717) is 0 Å². The summed E-state index contributed by atoms with van der Waals surface area (Å²) >= 11 is 2.17. The van der Waals surface area contributed by atoms with Crippen molar-refractivity contribution in [3.8, 4) is 0 Å². The van der Waals surface area contributed by atoms with E-state index < -0.39 is 4.92 Å². The summed E-state index contributed by atoms with van der Waals surface area (Å²) in [5.41, 5.74) is 1.63. The fraction of sp³-hybridized carbons (Fsp3) is 0.235. The van der Waals surface area contributed by atoms with Crippen LogP contribution in [0.2, 0.25) is 0 Å². The molecular weight excluding hydrogens is 421 g/mol. The van der Waals surface area contributed by atoms with Gasteiger partial charge in [-0.25, -0.2) is 0 Å². The van der Waals surface area contributed by atoms with E-state index in [1.54, 1.807) is 12.1 Å². The molecule has 0 radical (unpaired) electrons. The minimum absolute atomic E-state index is 0.0519. The average molecular weight is 439 g/mol. The molecule has 126 valence electrons. The van der Waals surface area contributed by atoms with E-state index in [2.05, 4.69) is 27.9 Å². The molecule has 0 saturated heterocycles. The molecule has 2 rings (SSSR count). The Morgan fingerprint density at radius 3 is 2.67 bits per heavy atom. The normalized spacial score (nSPS) is 12.0. The van der Waals surface area contributed by atoms with Gasteiger partial charge in [0, 0.05) is 21.7 Å². The molecule has 2 aromatic carbocycles. The number of rotatable bonds is 6. The molecule has 0 saturated carbocycles. The van der Waals surface area contributed by atoms with Gasteiger partial charge in [-0.05, 0) is 54.3 Å². The van der Waals surface area contributed by atoms with Crippen LogP contribution in [0, 0.1) is 13.7 Å². The summed E-state index contributed by atoms with van der Waals surface area (Å²) in [6.45, 7) is 2.10. The van der Waals surface area contributed by atoms with Crippen molar-refractivity contribution in [3.63, 3.8) is 0 Å². The quantitative estimate of drug-likeness (QED) is 0.422. The van der Waals surface area contributed by atoms with E-state index in [1.165, 1.54) is 6.07 Å². The van der Waals surface area contributed by atoms with Crippen molar-refractivity contribution in [2.45, 2.75) is 13.0 Å². The number of amides is 1. The molecule has 1 atom stereocenters. The predicted molar refractivity (Wildman–Crippen MR) is 102 cm³/mol. The van der Waals surface area contributed by atoms with E-state index in [-0.39, 0.29) is 24.2 Å². The SMILES string of the molecule is CC(c1cccc([N+](=O)[O-])c1)N(C)CC(=O)Nc1ccccc1I. The van der Waals surface area contributed by atoms with Crippen molar-refractivity contribution in [2.24, 2.45) is 0 Å². The number of carbonyl (C=O) groups is 1. The van der Waals surface area contributed by atoms with Gasteiger partial charge in [-0.2, -0.15) is 0 Å². The summed E-state index contributed by atoms with van der Waals surface area (Å²) < 4.78 is 0.970. The molecule has 1 N–H and O–H groups in total. The van der Waals surface area contributed by atoms with Gasteiger partial charge in [-0.1, -0.05) is 24.3 Å². The monoisotopic (exact) mass is 439 g/mol. The number of anilines is 1. The first-order valence-corrected chi connectivity index (χ1v) is 8.45. The Hall–Kier alpha value is -2.00. The Kier molecular flexibility index (Phi) is 6.27. The Balaban J connectivity index is 2.02. The van der Waals surface area contributed by atoms with E-state index in [1.807, 2.05) is 49.2 Å². The van der Waals surface area contributed by atoms with Crippen molar-refractivity contribution in [3.05, 3.63) is 67.8 Å². The van der Waals surface area contributed by atoms with Gasteiger partial charge in [-0.15, -0.1) is 0 Å². The third kappa shape index (κ3) is 4.75. The number of likely N-dealkylation sites (N-methyl/N-ethyl adjacent to an activating group) is 1. The second kappa shape index (κ2) is 8.20. The highest BCUT2D eigenvalue weighted by Gasteiger charge is 2.17. The number of hydrogen-bond donors (Lipinski definition) is 1. The largest absolute Gasteiger partial charge is 0.324 e. The summed E-state index contributed by atoms with van der Waals surface area (Å²) in [7, 11) is 1.82. The number of para-hydroxylation sites is 1. The smallest absolute Gasteiger partial charge is 0.269 e. The highest BCUT2D eigenvalue weighted by molar-refractivity contribution is 14.1. The second-order valence-electron chi connectivity index (χ2n) is 5.47. The lowest BCUT2D eigenvalue weighted by Crippen LogP contribution is -2.32. The summed E-state index contributed by atoms with van der Waals surface area (Å²) in [6, 6.07) is 13.9. The predicted octanol–water partition coefficient (Wildman–Crippen LogP) is 3.83. The fourth-order valence-electron chi connectivity index (χ4n) is 2.27. The summed E-state index contributed by atoms with van der Waals surface area (Å²) in [5.74, 6) is -0.126. The zero-order valence-corrected chi connectivity index (χ0v) is 15.6. The number of nitro groups is 1. The maximum atomic E-state index is 12.2. The molecule has 0 fully saturated rings. The minimum Gasteiger partial charge on any atom is -0.324 e. The molecule has 0 aromatic heterocycles. The third-order valence-electron chi connectivity index (χ3n) is 3.77. The number of hydrogen-bond acceptors (Lipinski definition) is 4. The van der Waals surface area contributed by atoms with Crippen LogP contribution in [0.1, 0.15) is 18.5 Å². The maximum absolute atomic E-state index is 12.2. The lowest BCUT2D eigenvalue weighted by Gasteiger charge is -2.24. The Labute approximate surface area is 154 Å². The maximum Gasteiger partial charge on any atom is 0.269 e. The van der Waals surface area contributed by atoms with Crippen LogP contribution in [0.4, 0.5) is 11.4 Å². The van der Waals surface area contributed by atoms with Crippen LogP contribution in [0.15, 0.2) is 48.5 Å². The first-order chi connectivity index (χ1) is 11.4. The highest BCUT2D eigenvalue weighted by atomic mass is 127. The van der Waals surface area contributed by atoms with Crippen LogP contribution < -0.4 is 5.32 Å². The molecule has 0 heterocycles. The molecule has 0 spiro atoms. The van der Waals surface area contributed by atoms with Gasteiger partial charge in [0.05, 0.1) is 17.2 Å². The van der Waals surface area contributed by atoms with Crippen LogP contribution in [0.3, 0.4) is 0 Å². The number of non-ortho nitro benzene ring substituents is 1. The van der Waals surface area contributed by atoms with Crippen molar-refractivity contribution in [1.82, 2.24) is 4.90 Å². The minimum atomic E-state index is -0.416. The van der Waals surface area contributed by atoms with Crippen LogP contribution >= 0.6 is 22.6 Å². The average Bonchev–Trinajstić information content (AvgIpc) is 2.56. The zero-order chi connectivity index (χ0) is 17.7. The van der Waals surface area contributed by atoms with Crippen LogP contribution in [0.5, 0.6) is 0 Å². The Bertz CT molecular complexity index is 751. The van der Waals surface area contributed by atoms with Crippen LogP contribution in [0.25, 0.3) is 0 Å². The number of nitro benzene ring substituents is 1. The molecule has 6 nitrogen and oxygen atoms in total. The molecule has 0 bridgehead atoms. The topological polar surface area (TPSA) is 75.5 Å². The fourth-order valence-corrected chi connectivity index (χ4v) is 2.79. The van der Waals surface area contributed by atoms with Crippen molar-refractivity contribution < 1.29 is 9.72 Å². The van der Waals surface area contributed by atoms with Gasteiger partial charge in [0.1, 0.15) is 0 Å². The van der Waals surface area contributed by atoms with E-state index in [4.69, 9.17) is 0 Å². The molecule has 2 aromatic rings. The molecule has 7 heteroatoms. The molecule has 0 aliphatic carbocycles. The summed E-state index contributed by atoms with van der Waals surface area (Å²) in [6.07, 6.45) is 0. The first-order valence-electron chi connectivity index (χ1n) is 7.37. The lowest BCUT2D eigenvalue weighted by atomic mass is 10.1. The second-order valence-corrected chi connectivity index (χ2v) is 6.63. The first kappa shape index (κ1) is 18.3. The van der Waals surface area contributed by atoms with Gasteiger partial charge in [0.25, 0.3) is 5.69 Å². The molecular formula is C17H18IN3O3. The standard InChI is InChI=1S/C17H18IN3O3/c1-12(13-6-5-7-14(10-13)21(23)24)20(2)11-17(22)19-16-9-4-3-8-15(16)18/h3-10,12H,11H2,1-2H3,(H,19,22). The number of benzene rings is 2. The van der Waals surface area contributed by atoms with E-state index in [0.717, 1.165) is 14.8 Å². The summed E-state index contributed by atoms with van der Waals surface area (Å²) in [5, 5.41) is 13.8. The third-order valence-corrected chi connectivity index (χ3v) is 4.71. The molecule has 1 amide bonds. The molecule has 0 aliphatic rings. The number of nitrogens with zero attached hydrogens (tertiary/aromatic N) is 2. The lowest BCUT2D eigenvalue weighted by molar-refractivity contribution is -0.384. The van der Waals surface area contributed by atoms with E-state index >= 15 is 0 Å². The molecule has 1 unspecified atom stereocenters. The van der Waals surface area contributed by atoms with Gasteiger partial charge in [0.15, 0.2) is 0 Å². The zero-order valence-electron chi connectivity index (χ0n) is 13.4. The number of halogens is 1. The van der Waals surface area contributed by atoms with Crippen molar-refractivity contribution >= 4 is 39.9 Å². The highest BCUT2D eigenvalue weighted by Crippen LogP contribution is 2.23. The van der Waals surface area contributed by atoms with Crippen LogP contribution in [-0.2, 0) is 4.79 Å². The van der Waals surface area contributed by atoms with Gasteiger partial charge in [0.2, 0.25) is 5.91 Å². The summed E-state index contributed by atoms with van der Waals surface area (Å²) in [4.78, 5) is 24.5. The van der Waals surface area contributed by atoms with Gasteiger partial charge >= 0.3 is 0 Å². The Morgan fingerprint density at radius 2 is 2.00 bits per heavy atom. The van der Waals surface area contributed by atoms with Crippen molar-refractivity contribution in [2.75, 3.05) is 18.9 Å². The van der Waals surface area contributed by atoms with E-state index in [9.17, 15) is 14.9 Å². The van der Waals surface area contributed by atoms with Gasteiger partial charge in [-0.3, -0.25) is 19.8 Å². The Morgan fingerprint density at radius 1 is 1.29 bits per heavy atom.